The van der Waals surface area contributed by atoms with Gasteiger partial charge in [0.1, 0.15) is 13.2 Å². The van der Waals surface area contributed by atoms with Gasteiger partial charge in [0.15, 0.2) is 11.5 Å². The van der Waals surface area contributed by atoms with Gasteiger partial charge in [-0.2, -0.15) is 0 Å². The molecule has 6 nitrogen and oxygen atoms in total. The molecule has 0 aliphatic carbocycles. The number of rotatable bonds is 4. The minimum atomic E-state index is -3.60. The summed E-state index contributed by atoms with van der Waals surface area (Å²) in [6.07, 6.45) is 2.99. The molecule has 1 aromatic carbocycles. The van der Waals surface area contributed by atoms with Gasteiger partial charge in [-0.25, -0.2) is 13.1 Å². The van der Waals surface area contributed by atoms with Crippen molar-refractivity contribution in [2.45, 2.75) is 11.4 Å². The summed E-state index contributed by atoms with van der Waals surface area (Å²) in [5, 5.41) is 0. The van der Waals surface area contributed by atoms with Gasteiger partial charge in [-0.1, -0.05) is 0 Å². The number of hydrogen-bond acceptors (Lipinski definition) is 5. The molecule has 0 radical (unpaired) electrons. The third-order valence-electron chi connectivity index (χ3n) is 2.87. The SMILES string of the molecule is O=S(=O)(NCc1ccoc1)c1ccc2c(c1)OCCO2. The van der Waals surface area contributed by atoms with Gasteiger partial charge in [-0.05, 0) is 18.2 Å². The molecule has 1 N–H and O–H groups in total. The molecule has 0 bridgehead atoms. The molecule has 20 heavy (non-hydrogen) atoms. The molecule has 0 atom stereocenters. The molecule has 0 unspecified atom stereocenters. The van der Waals surface area contributed by atoms with Crippen LogP contribution in [0.4, 0.5) is 0 Å². The highest BCUT2D eigenvalue weighted by atomic mass is 32.2. The standard InChI is InChI=1S/C13H13NO5S/c15-20(16,14-8-10-3-4-17-9-10)11-1-2-12-13(7-11)19-6-5-18-12/h1-4,7,9,14H,5-6,8H2. The highest BCUT2D eigenvalue weighted by Gasteiger charge is 2.19. The van der Waals surface area contributed by atoms with Crippen molar-refractivity contribution in [2.24, 2.45) is 0 Å². The van der Waals surface area contributed by atoms with Gasteiger partial charge in [0, 0.05) is 18.2 Å². The van der Waals surface area contributed by atoms with Gasteiger partial charge < -0.3 is 13.9 Å². The molecule has 7 heteroatoms. The summed E-state index contributed by atoms with van der Waals surface area (Å²) in [5.41, 5.74) is 0.756. The van der Waals surface area contributed by atoms with Crippen molar-refractivity contribution in [2.75, 3.05) is 13.2 Å². The van der Waals surface area contributed by atoms with Crippen LogP contribution in [0.25, 0.3) is 0 Å². The quantitative estimate of drug-likeness (QED) is 0.925. The van der Waals surface area contributed by atoms with E-state index in [4.69, 9.17) is 13.9 Å². The zero-order valence-electron chi connectivity index (χ0n) is 10.5. The summed E-state index contributed by atoms with van der Waals surface area (Å²) < 4.78 is 42.5. The Bertz CT molecular complexity index is 694. The van der Waals surface area contributed by atoms with Crippen molar-refractivity contribution in [3.8, 4) is 11.5 Å². The second-order valence-electron chi connectivity index (χ2n) is 4.26. The molecule has 0 saturated heterocycles. The Morgan fingerprint density at radius 2 is 1.90 bits per heavy atom. The molecule has 2 heterocycles. The molecule has 1 aromatic heterocycles. The summed E-state index contributed by atoms with van der Waals surface area (Å²) in [7, 11) is -3.60. The average molecular weight is 295 g/mol. The van der Waals surface area contributed by atoms with Gasteiger partial charge >= 0.3 is 0 Å². The average Bonchev–Trinajstić information content (AvgIpc) is 2.98. The summed E-state index contributed by atoms with van der Waals surface area (Å²) in [6.45, 7) is 1.06. The van der Waals surface area contributed by atoms with Crippen LogP contribution in [-0.4, -0.2) is 21.6 Å². The maximum absolute atomic E-state index is 12.2. The van der Waals surface area contributed by atoms with Crippen LogP contribution in [0.2, 0.25) is 0 Å². The van der Waals surface area contributed by atoms with Crippen molar-refractivity contribution in [3.63, 3.8) is 0 Å². The van der Waals surface area contributed by atoms with Crippen molar-refractivity contribution in [1.82, 2.24) is 4.72 Å². The van der Waals surface area contributed by atoms with Gasteiger partial charge in [0.2, 0.25) is 10.0 Å². The minimum Gasteiger partial charge on any atom is -0.486 e. The summed E-state index contributed by atoms with van der Waals surface area (Å²) in [5.74, 6) is 1.01. The van der Waals surface area contributed by atoms with Crippen molar-refractivity contribution >= 4 is 10.0 Å². The van der Waals surface area contributed by atoms with Gasteiger partial charge in [-0.3, -0.25) is 0 Å². The zero-order valence-corrected chi connectivity index (χ0v) is 11.4. The van der Waals surface area contributed by atoms with Crippen LogP contribution in [0.1, 0.15) is 5.56 Å². The Balaban J connectivity index is 1.80. The third kappa shape index (κ3) is 2.63. The summed E-state index contributed by atoms with van der Waals surface area (Å²) in [4.78, 5) is 0.144. The fourth-order valence-corrected chi connectivity index (χ4v) is 2.88. The van der Waals surface area contributed by atoms with Crippen LogP contribution in [0, 0.1) is 0 Å². The first-order valence-corrected chi connectivity index (χ1v) is 7.54. The molecule has 106 valence electrons. The van der Waals surface area contributed by atoms with E-state index in [2.05, 4.69) is 4.72 Å². The van der Waals surface area contributed by atoms with E-state index in [-0.39, 0.29) is 11.4 Å². The smallest absolute Gasteiger partial charge is 0.241 e. The van der Waals surface area contributed by atoms with Crippen LogP contribution >= 0.6 is 0 Å². The number of fused-ring (bicyclic) bond motifs is 1. The Morgan fingerprint density at radius 3 is 2.65 bits per heavy atom. The lowest BCUT2D eigenvalue weighted by molar-refractivity contribution is 0.171. The van der Waals surface area contributed by atoms with Crippen LogP contribution in [0.3, 0.4) is 0 Å². The largest absolute Gasteiger partial charge is 0.486 e. The Hall–Kier alpha value is -1.99. The van der Waals surface area contributed by atoms with Crippen LogP contribution in [0.15, 0.2) is 46.1 Å². The van der Waals surface area contributed by atoms with Crippen molar-refractivity contribution < 1.29 is 22.3 Å². The molecule has 1 aliphatic heterocycles. The van der Waals surface area contributed by atoms with E-state index in [1.54, 1.807) is 12.1 Å². The van der Waals surface area contributed by atoms with E-state index in [1.165, 1.54) is 24.7 Å². The topological polar surface area (TPSA) is 77.8 Å². The second kappa shape index (κ2) is 5.18. The second-order valence-corrected chi connectivity index (χ2v) is 6.03. The highest BCUT2D eigenvalue weighted by molar-refractivity contribution is 7.89. The Morgan fingerprint density at radius 1 is 1.10 bits per heavy atom. The highest BCUT2D eigenvalue weighted by Crippen LogP contribution is 2.32. The first kappa shape index (κ1) is 13.0. The summed E-state index contributed by atoms with van der Waals surface area (Å²) in [6, 6.07) is 6.25. The lowest BCUT2D eigenvalue weighted by atomic mass is 10.3. The van der Waals surface area contributed by atoms with Gasteiger partial charge in [0.05, 0.1) is 17.4 Å². The van der Waals surface area contributed by atoms with Crippen LogP contribution < -0.4 is 14.2 Å². The van der Waals surface area contributed by atoms with E-state index in [1.807, 2.05) is 0 Å². The molecule has 1 aliphatic rings. The summed E-state index contributed by atoms with van der Waals surface area (Å²) >= 11 is 0. The maximum atomic E-state index is 12.2. The third-order valence-corrected chi connectivity index (χ3v) is 4.27. The Kier molecular flexibility index (Phi) is 3.37. The predicted molar refractivity (Wildman–Crippen MR) is 70.2 cm³/mol. The molecular formula is C13H13NO5S. The molecule has 2 aromatic rings. The van der Waals surface area contributed by atoms with E-state index in [0.717, 1.165) is 5.56 Å². The van der Waals surface area contributed by atoms with Crippen LogP contribution in [-0.2, 0) is 16.6 Å². The fraction of sp³-hybridized carbons (Fsp3) is 0.231. The predicted octanol–water partition coefficient (Wildman–Crippen LogP) is 1.53. The number of ether oxygens (including phenoxy) is 2. The van der Waals surface area contributed by atoms with Gasteiger partial charge in [0.25, 0.3) is 0 Å². The van der Waals surface area contributed by atoms with E-state index in [0.29, 0.717) is 24.7 Å². The Labute approximate surface area is 116 Å². The number of furan rings is 1. The number of sulfonamides is 1. The monoisotopic (exact) mass is 295 g/mol. The van der Waals surface area contributed by atoms with E-state index >= 15 is 0 Å². The normalized spacial score (nSPS) is 14.2. The molecule has 3 rings (SSSR count). The zero-order chi connectivity index (χ0) is 14.0. The molecule has 0 saturated carbocycles. The molecule has 0 spiro atoms. The molecular weight excluding hydrogens is 282 g/mol. The lowest BCUT2D eigenvalue weighted by Gasteiger charge is -2.18. The van der Waals surface area contributed by atoms with E-state index in [9.17, 15) is 8.42 Å². The number of benzene rings is 1. The molecule has 0 fully saturated rings. The van der Waals surface area contributed by atoms with Crippen molar-refractivity contribution in [3.05, 3.63) is 42.4 Å². The maximum Gasteiger partial charge on any atom is 0.241 e. The van der Waals surface area contributed by atoms with E-state index < -0.39 is 10.0 Å². The van der Waals surface area contributed by atoms with Crippen LogP contribution in [0.5, 0.6) is 11.5 Å². The first-order valence-electron chi connectivity index (χ1n) is 6.05. The minimum absolute atomic E-state index is 0.144. The first-order chi connectivity index (χ1) is 9.65. The fourth-order valence-electron chi connectivity index (χ4n) is 1.85. The number of nitrogens with one attached hydrogen (secondary N) is 1. The van der Waals surface area contributed by atoms with Gasteiger partial charge in [-0.15, -0.1) is 0 Å². The number of hydrogen-bond donors (Lipinski definition) is 1. The molecule has 0 amide bonds. The lowest BCUT2D eigenvalue weighted by Crippen LogP contribution is -2.23. The van der Waals surface area contributed by atoms with Crippen molar-refractivity contribution in [1.29, 1.82) is 0 Å².